The minimum atomic E-state index is 0.636. The number of aryl methyl sites for hydroxylation is 1. The first-order valence-corrected chi connectivity index (χ1v) is 5.97. The molecule has 0 aliphatic carbocycles. The Kier molecular flexibility index (Phi) is 3.21. The summed E-state index contributed by atoms with van der Waals surface area (Å²) >= 11 is 9.35. The number of anilines is 1. The first-order valence-electron chi connectivity index (χ1n) is 4.80. The van der Waals surface area contributed by atoms with Gasteiger partial charge in [-0.3, -0.25) is 0 Å². The van der Waals surface area contributed by atoms with E-state index >= 15 is 0 Å². The molecular weight excluding hydrogens is 289 g/mol. The highest BCUT2D eigenvalue weighted by Crippen LogP contribution is 2.23. The standard InChI is InChI=1S/C11H11BrClN3/c1-7-4-11(14)16(15-7)6-8-2-3-9(13)5-10(8)12/h2-5H,6,14H2,1H3. The number of benzene rings is 1. The van der Waals surface area contributed by atoms with Gasteiger partial charge in [0.05, 0.1) is 12.2 Å². The van der Waals surface area contributed by atoms with E-state index in [9.17, 15) is 0 Å². The average molecular weight is 301 g/mol. The number of nitrogens with two attached hydrogens (primary N) is 1. The van der Waals surface area contributed by atoms with Crippen LogP contribution >= 0.6 is 27.5 Å². The number of aromatic nitrogens is 2. The van der Waals surface area contributed by atoms with Crippen LogP contribution in [0.15, 0.2) is 28.7 Å². The van der Waals surface area contributed by atoms with E-state index in [0.29, 0.717) is 17.4 Å². The molecule has 1 aromatic carbocycles. The van der Waals surface area contributed by atoms with Crippen molar-refractivity contribution in [3.8, 4) is 0 Å². The van der Waals surface area contributed by atoms with E-state index in [4.69, 9.17) is 17.3 Å². The predicted octanol–water partition coefficient (Wildman–Crippen LogP) is 3.24. The number of hydrogen-bond donors (Lipinski definition) is 1. The highest BCUT2D eigenvalue weighted by atomic mass is 79.9. The molecule has 0 spiro atoms. The van der Waals surface area contributed by atoms with Crippen LogP contribution in [-0.4, -0.2) is 9.78 Å². The summed E-state index contributed by atoms with van der Waals surface area (Å²) < 4.78 is 2.73. The Hall–Kier alpha value is -1.000. The van der Waals surface area contributed by atoms with E-state index < -0.39 is 0 Å². The van der Waals surface area contributed by atoms with E-state index in [-0.39, 0.29) is 0 Å². The van der Waals surface area contributed by atoms with Gasteiger partial charge in [-0.1, -0.05) is 33.6 Å². The highest BCUT2D eigenvalue weighted by Gasteiger charge is 2.05. The van der Waals surface area contributed by atoms with Crippen molar-refractivity contribution in [2.75, 3.05) is 5.73 Å². The van der Waals surface area contributed by atoms with Crippen molar-refractivity contribution in [1.29, 1.82) is 0 Å². The second-order valence-electron chi connectivity index (χ2n) is 3.60. The van der Waals surface area contributed by atoms with Crippen molar-refractivity contribution in [2.45, 2.75) is 13.5 Å². The molecule has 0 atom stereocenters. The Morgan fingerprint density at radius 1 is 1.44 bits per heavy atom. The molecule has 84 valence electrons. The molecule has 3 nitrogen and oxygen atoms in total. The molecule has 0 bridgehead atoms. The van der Waals surface area contributed by atoms with Gasteiger partial charge in [-0.25, -0.2) is 4.68 Å². The smallest absolute Gasteiger partial charge is 0.122 e. The lowest BCUT2D eigenvalue weighted by atomic mass is 10.2. The van der Waals surface area contributed by atoms with Crippen molar-refractivity contribution >= 4 is 33.3 Å². The minimum Gasteiger partial charge on any atom is -0.384 e. The van der Waals surface area contributed by atoms with E-state index in [2.05, 4.69) is 21.0 Å². The van der Waals surface area contributed by atoms with Crippen LogP contribution in [0, 0.1) is 6.92 Å². The fraction of sp³-hybridized carbons (Fsp3) is 0.182. The monoisotopic (exact) mass is 299 g/mol. The maximum Gasteiger partial charge on any atom is 0.122 e. The molecular formula is C11H11BrClN3. The SMILES string of the molecule is Cc1cc(N)n(Cc2ccc(Cl)cc2Br)n1. The Morgan fingerprint density at radius 2 is 2.19 bits per heavy atom. The normalized spacial score (nSPS) is 10.7. The van der Waals surface area contributed by atoms with Crippen molar-refractivity contribution in [2.24, 2.45) is 0 Å². The van der Waals surface area contributed by atoms with Gasteiger partial charge in [0.1, 0.15) is 5.82 Å². The summed E-state index contributed by atoms with van der Waals surface area (Å²) in [5.41, 5.74) is 7.84. The average Bonchev–Trinajstić information content (AvgIpc) is 2.50. The molecule has 2 N–H and O–H groups in total. The van der Waals surface area contributed by atoms with Gasteiger partial charge in [0.15, 0.2) is 0 Å². The summed E-state index contributed by atoms with van der Waals surface area (Å²) in [4.78, 5) is 0. The van der Waals surface area contributed by atoms with Crippen LogP contribution in [0.3, 0.4) is 0 Å². The molecule has 0 radical (unpaired) electrons. The van der Waals surface area contributed by atoms with Crippen molar-refractivity contribution in [3.05, 3.63) is 45.0 Å². The molecule has 0 amide bonds. The third kappa shape index (κ3) is 2.39. The molecule has 0 aliphatic heterocycles. The second-order valence-corrected chi connectivity index (χ2v) is 4.89. The summed E-state index contributed by atoms with van der Waals surface area (Å²) in [6.07, 6.45) is 0. The van der Waals surface area contributed by atoms with Crippen molar-refractivity contribution < 1.29 is 0 Å². The van der Waals surface area contributed by atoms with Crippen molar-refractivity contribution in [3.63, 3.8) is 0 Å². The fourth-order valence-electron chi connectivity index (χ4n) is 1.50. The second kappa shape index (κ2) is 4.47. The molecule has 0 saturated heterocycles. The third-order valence-corrected chi connectivity index (χ3v) is 3.24. The van der Waals surface area contributed by atoms with Gasteiger partial charge >= 0.3 is 0 Å². The highest BCUT2D eigenvalue weighted by molar-refractivity contribution is 9.10. The maximum atomic E-state index is 5.88. The van der Waals surface area contributed by atoms with Gasteiger partial charge in [0.25, 0.3) is 0 Å². The molecule has 0 saturated carbocycles. The topological polar surface area (TPSA) is 43.8 Å². The summed E-state index contributed by atoms with van der Waals surface area (Å²) in [5, 5.41) is 5.02. The summed E-state index contributed by atoms with van der Waals surface area (Å²) in [6, 6.07) is 7.53. The van der Waals surface area contributed by atoms with Gasteiger partial charge < -0.3 is 5.73 Å². The molecule has 16 heavy (non-hydrogen) atoms. The Labute approximate surface area is 107 Å². The minimum absolute atomic E-state index is 0.636. The van der Waals surface area contributed by atoms with Crippen LogP contribution in [0.25, 0.3) is 0 Å². The molecule has 0 unspecified atom stereocenters. The first-order chi connectivity index (χ1) is 7.56. The lowest BCUT2D eigenvalue weighted by molar-refractivity contribution is 0.687. The lowest BCUT2D eigenvalue weighted by Gasteiger charge is -2.06. The summed E-state index contributed by atoms with van der Waals surface area (Å²) in [7, 11) is 0. The summed E-state index contributed by atoms with van der Waals surface area (Å²) in [5.74, 6) is 0.666. The number of nitrogens with zero attached hydrogens (tertiary/aromatic N) is 2. The number of rotatable bonds is 2. The molecule has 1 heterocycles. The van der Waals surface area contributed by atoms with Crippen LogP contribution < -0.4 is 5.73 Å². The van der Waals surface area contributed by atoms with Crippen LogP contribution in [0.5, 0.6) is 0 Å². The largest absolute Gasteiger partial charge is 0.384 e. The molecule has 2 rings (SSSR count). The molecule has 0 fully saturated rings. The predicted molar refractivity (Wildman–Crippen MR) is 69.6 cm³/mol. The Morgan fingerprint density at radius 3 is 2.75 bits per heavy atom. The van der Waals surface area contributed by atoms with E-state index in [1.54, 1.807) is 4.68 Å². The number of hydrogen-bond acceptors (Lipinski definition) is 2. The van der Waals surface area contributed by atoms with Gasteiger partial charge in [-0.2, -0.15) is 5.10 Å². The van der Waals surface area contributed by atoms with Crippen LogP contribution in [0.1, 0.15) is 11.3 Å². The van der Waals surface area contributed by atoms with E-state index in [1.807, 2.05) is 31.2 Å². The Balaban J connectivity index is 2.30. The fourth-order valence-corrected chi connectivity index (χ4v) is 2.31. The van der Waals surface area contributed by atoms with Gasteiger partial charge in [0.2, 0.25) is 0 Å². The van der Waals surface area contributed by atoms with Crippen LogP contribution in [-0.2, 0) is 6.54 Å². The zero-order chi connectivity index (χ0) is 11.7. The molecule has 5 heteroatoms. The third-order valence-electron chi connectivity index (χ3n) is 2.27. The number of halogens is 2. The molecule has 0 aliphatic rings. The zero-order valence-corrected chi connectivity index (χ0v) is 11.1. The van der Waals surface area contributed by atoms with Crippen LogP contribution in [0.4, 0.5) is 5.82 Å². The van der Waals surface area contributed by atoms with E-state index in [0.717, 1.165) is 15.7 Å². The van der Waals surface area contributed by atoms with Gasteiger partial charge in [0, 0.05) is 15.6 Å². The van der Waals surface area contributed by atoms with Crippen molar-refractivity contribution in [1.82, 2.24) is 9.78 Å². The Bertz CT molecular complexity index is 522. The quantitative estimate of drug-likeness (QED) is 0.925. The lowest BCUT2D eigenvalue weighted by Crippen LogP contribution is -2.06. The molecule has 1 aromatic heterocycles. The zero-order valence-electron chi connectivity index (χ0n) is 8.74. The van der Waals surface area contributed by atoms with Gasteiger partial charge in [-0.15, -0.1) is 0 Å². The maximum absolute atomic E-state index is 5.88. The number of nitrogen functional groups attached to an aromatic ring is 1. The van der Waals surface area contributed by atoms with Crippen LogP contribution in [0.2, 0.25) is 5.02 Å². The first kappa shape index (κ1) is 11.5. The molecule has 2 aromatic rings. The van der Waals surface area contributed by atoms with Gasteiger partial charge in [-0.05, 0) is 24.6 Å². The summed E-state index contributed by atoms with van der Waals surface area (Å²) in [6.45, 7) is 2.56. The van der Waals surface area contributed by atoms with E-state index in [1.165, 1.54) is 0 Å².